The highest BCUT2D eigenvalue weighted by molar-refractivity contribution is 6.75. The Morgan fingerprint density at radius 1 is 1.24 bits per heavy atom. The molecule has 0 aromatic heterocycles. The molecule has 0 saturated heterocycles. The topological polar surface area (TPSA) is 26.3 Å². The predicted octanol–water partition coefficient (Wildman–Crippen LogP) is 5.09. The lowest BCUT2D eigenvalue weighted by molar-refractivity contribution is -0.133. The van der Waals surface area contributed by atoms with Crippen molar-refractivity contribution in [2.75, 3.05) is 0 Å². The van der Waals surface area contributed by atoms with Gasteiger partial charge >= 0.3 is 5.97 Å². The van der Waals surface area contributed by atoms with E-state index in [1.165, 1.54) is 6.07 Å². The highest BCUT2D eigenvalue weighted by atomic mass is 35.6. The van der Waals surface area contributed by atoms with E-state index in [9.17, 15) is 4.79 Å². The Morgan fingerprint density at radius 3 is 2.29 bits per heavy atom. The molecule has 0 radical (unpaired) electrons. The lowest BCUT2D eigenvalue weighted by atomic mass is 10.2. The molecular weight excluding hydrogens is 353 g/mol. The number of benzene rings is 1. The van der Waals surface area contributed by atoms with Crippen molar-refractivity contribution in [1.29, 1.82) is 0 Å². The molecule has 0 N–H and O–H groups in total. The summed E-state index contributed by atoms with van der Waals surface area (Å²) in [4.78, 5) is 10.4. The Morgan fingerprint density at radius 2 is 1.82 bits per heavy atom. The zero-order valence-electron chi connectivity index (χ0n) is 7.89. The number of hydrogen-bond donors (Lipinski definition) is 0. The van der Waals surface area contributed by atoms with Crippen LogP contribution in [0.25, 0.3) is 0 Å². The number of carbonyl (C=O) groups is 1. The third-order valence-corrected chi connectivity index (χ3v) is 2.89. The van der Waals surface area contributed by atoms with E-state index in [1.54, 1.807) is 12.1 Å². The van der Waals surface area contributed by atoms with Gasteiger partial charge < -0.3 is 4.74 Å². The molecule has 0 spiro atoms. The maximum Gasteiger partial charge on any atom is 0.363 e. The van der Waals surface area contributed by atoms with E-state index < -0.39 is 14.6 Å². The standard InChI is InChI=1S/C9H4Cl6O2/c10-4-2-1-3-5(6(4)7(11)12)17-8(16)9(13,14)15/h1-3,7H. The molecule has 8 heteroatoms. The molecule has 2 nitrogen and oxygen atoms in total. The normalized spacial score (nSPS) is 11.7. The maximum atomic E-state index is 11.4. The molecule has 1 aromatic carbocycles. The van der Waals surface area contributed by atoms with Gasteiger partial charge in [-0.05, 0) is 12.1 Å². The Balaban J connectivity index is 3.07. The Hall–Kier alpha value is 0.430. The van der Waals surface area contributed by atoms with Gasteiger partial charge in [-0.15, -0.1) is 0 Å². The fraction of sp³-hybridized carbons (Fsp3) is 0.222. The fourth-order valence-electron chi connectivity index (χ4n) is 0.976. The Kier molecular flexibility index (Phi) is 5.51. The summed E-state index contributed by atoms with van der Waals surface area (Å²) in [6.07, 6.45) is 0. The monoisotopic (exact) mass is 354 g/mol. The van der Waals surface area contributed by atoms with Crippen LogP contribution < -0.4 is 4.74 Å². The van der Waals surface area contributed by atoms with Crippen LogP contribution >= 0.6 is 69.6 Å². The van der Waals surface area contributed by atoms with Crippen molar-refractivity contribution in [3.63, 3.8) is 0 Å². The van der Waals surface area contributed by atoms with Crippen LogP contribution in [0.1, 0.15) is 10.4 Å². The second kappa shape index (κ2) is 6.05. The first-order chi connectivity index (χ1) is 7.73. The van der Waals surface area contributed by atoms with Crippen molar-refractivity contribution < 1.29 is 9.53 Å². The summed E-state index contributed by atoms with van der Waals surface area (Å²) in [5.74, 6) is -1.02. The van der Waals surface area contributed by atoms with E-state index in [4.69, 9.17) is 74.3 Å². The summed E-state index contributed by atoms with van der Waals surface area (Å²) >= 11 is 33.4. The van der Waals surface area contributed by atoms with Gasteiger partial charge in [0.25, 0.3) is 3.79 Å². The van der Waals surface area contributed by atoms with Crippen molar-refractivity contribution in [2.45, 2.75) is 8.63 Å². The molecule has 0 saturated carbocycles. The van der Waals surface area contributed by atoms with Crippen LogP contribution in [0, 0.1) is 0 Å². The molecule has 0 aliphatic rings. The second-order valence-electron chi connectivity index (χ2n) is 2.84. The largest absolute Gasteiger partial charge is 0.423 e. The minimum atomic E-state index is -2.19. The molecule has 0 fully saturated rings. The van der Waals surface area contributed by atoms with Crippen LogP contribution in [0.5, 0.6) is 5.75 Å². The average Bonchev–Trinajstić information content (AvgIpc) is 2.15. The lowest BCUT2D eigenvalue weighted by Gasteiger charge is -2.14. The lowest BCUT2D eigenvalue weighted by Crippen LogP contribution is -2.25. The van der Waals surface area contributed by atoms with Crippen LogP contribution in [0.15, 0.2) is 18.2 Å². The number of halogens is 6. The van der Waals surface area contributed by atoms with E-state index in [0.29, 0.717) is 0 Å². The Bertz CT molecular complexity index is 426. The molecule has 0 amide bonds. The van der Waals surface area contributed by atoms with Gasteiger partial charge in [0.1, 0.15) is 10.6 Å². The number of hydrogen-bond acceptors (Lipinski definition) is 2. The molecule has 0 heterocycles. The molecule has 0 bridgehead atoms. The van der Waals surface area contributed by atoms with Crippen molar-refractivity contribution in [3.8, 4) is 5.75 Å². The molecule has 1 aromatic rings. The third kappa shape index (κ3) is 4.23. The zero-order chi connectivity index (χ0) is 13.2. The average molecular weight is 357 g/mol. The highest BCUT2D eigenvalue weighted by Crippen LogP contribution is 2.39. The molecule has 1 rings (SSSR count). The summed E-state index contributed by atoms with van der Waals surface area (Å²) in [6.45, 7) is 0. The fourth-order valence-corrected chi connectivity index (χ4v) is 1.93. The van der Waals surface area contributed by atoms with Crippen LogP contribution in [-0.4, -0.2) is 9.76 Å². The molecule has 0 aliphatic heterocycles. The van der Waals surface area contributed by atoms with Crippen LogP contribution in [0.2, 0.25) is 5.02 Å². The van der Waals surface area contributed by atoms with Gasteiger partial charge in [0.15, 0.2) is 0 Å². The van der Waals surface area contributed by atoms with Gasteiger partial charge in [0, 0.05) is 5.56 Å². The predicted molar refractivity (Wildman–Crippen MR) is 71.8 cm³/mol. The van der Waals surface area contributed by atoms with E-state index in [-0.39, 0.29) is 16.3 Å². The number of carbonyl (C=O) groups excluding carboxylic acids is 1. The van der Waals surface area contributed by atoms with Crippen LogP contribution in [-0.2, 0) is 4.79 Å². The van der Waals surface area contributed by atoms with E-state index >= 15 is 0 Å². The first-order valence-corrected chi connectivity index (χ1v) is 6.47. The first-order valence-electron chi connectivity index (χ1n) is 4.09. The molecular formula is C9H4Cl6O2. The molecule has 94 valence electrons. The van der Waals surface area contributed by atoms with Gasteiger partial charge in [-0.25, -0.2) is 4.79 Å². The summed E-state index contributed by atoms with van der Waals surface area (Å²) in [6, 6.07) is 4.53. The van der Waals surface area contributed by atoms with E-state index in [1.807, 2.05) is 0 Å². The molecule has 17 heavy (non-hydrogen) atoms. The van der Waals surface area contributed by atoms with Crippen molar-refractivity contribution >= 4 is 75.6 Å². The highest BCUT2D eigenvalue weighted by Gasteiger charge is 2.34. The Labute approximate surface area is 128 Å². The number of esters is 1. The summed E-state index contributed by atoms with van der Waals surface area (Å²) in [5.41, 5.74) is 0.236. The van der Waals surface area contributed by atoms with Gasteiger partial charge in [-0.2, -0.15) is 0 Å². The summed E-state index contributed by atoms with van der Waals surface area (Å²) < 4.78 is 2.68. The minimum Gasteiger partial charge on any atom is -0.423 e. The van der Waals surface area contributed by atoms with Crippen molar-refractivity contribution in [3.05, 3.63) is 28.8 Å². The van der Waals surface area contributed by atoms with Gasteiger partial charge in [0.2, 0.25) is 0 Å². The van der Waals surface area contributed by atoms with Gasteiger partial charge in [-0.1, -0.05) is 75.7 Å². The van der Waals surface area contributed by atoms with Crippen molar-refractivity contribution in [2.24, 2.45) is 0 Å². The number of ether oxygens (including phenoxy) is 1. The summed E-state index contributed by atoms with van der Waals surface area (Å²) in [7, 11) is 0. The first kappa shape index (κ1) is 15.5. The number of rotatable bonds is 2. The molecule has 0 aliphatic carbocycles. The third-order valence-electron chi connectivity index (χ3n) is 1.67. The summed E-state index contributed by atoms with van der Waals surface area (Å²) in [5, 5.41) is 0.245. The smallest absolute Gasteiger partial charge is 0.363 e. The van der Waals surface area contributed by atoms with E-state index in [2.05, 4.69) is 0 Å². The van der Waals surface area contributed by atoms with E-state index in [0.717, 1.165) is 0 Å². The molecule has 0 unspecified atom stereocenters. The van der Waals surface area contributed by atoms with Crippen LogP contribution in [0.3, 0.4) is 0 Å². The maximum absolute atomic E-state index is 11.4. The van der Waals surface area contributed by atoms with Gasteiger partial charge in [-0.3, -0.25) is 0 Å². The van der Waals surface area contributed by atoms with Crippen molar-refractivity contribution in [1.82, 2.24) is 0 Å². The SMILES string of the molecule is O=C(Oc1cccc(Cl)c1C(Cl)Cl)C(Cl)(Cl)Cl. The minimum absolute atomic E-state index is 0.0452. The second-order valence-corrected chi connectivity index (χ2v) is 6.62. The van der Waals surface area contributed by atoms with Gasteiger partial charge in [0.05, 0.1) is 5.02 Å². The molecule has 0 atom stereocenters. The quantitative estimate of drug-likeness (QED) is 0.419. The van der Waals surface area contributed by atoms with Crippen LogP contribution in [0.4, 0.5) is 0 Å². The number of alkyl halides is 5. The zero-order valence-corrected chi connectivity index (χ0v) is 12.4.